The minimum absolute atomic E-state index is 0. The van der Waals surface area contributed by atoms with E-state index in [9.17, 15) is 9.59 Å². The minimum atomic E-state index is -0.0587. The third-order valence-electron chi connectivity index (χ3n) is 3.28. The van der Waals surface area contributed by atoms with Crippen molar-refractivity contribution in [3.8, 4) is 0 Å². The van der Waals surface area contributed by atoms with E-state index in [2.05, 4.69) is 10.3 Å². The van der Waals surface area contributed by atoms with Gasteiger partial charge >= 0.3 is 0 Å². The lowest BCUT2D eigenvalue weighted by Crippen LogP contribution is -2.56. The summed E-state index contributed by atoms with van der Waals surface area (Å²) in [6.45, 7) is 8.54. The van der Waals surface area contributed by atoms with Crippen molar-refractivity contribution < 1.29 is 9.59 Å². The van der Waals surface area contributed by atoms with Gasteiger partial charge in [0.05, 0.1) is 6.54 Å². The van der Waals surface area contributed by atoms with Crippen molar-refractivity contribution in [2.24, 2.45) is 4.99 Å². The van der Waals surface area contributed by atoms with E-state index in [0.717, 1.165) is 13.1 Å². The SMILES string of the molecule is CCN1CCN(C(=NCC(=O)N(C)C)NC(C)C)CC1=O.I. The number of carbonyl (C=O) groups is 2. The number of guanidine groups is 1. The molecule has 22 heavy (non-hydrogen) atoms. The smallest absolute Gasteiger partial charge is 0.243 e. The van der Waals surface area contributed by atoms with E-state index in [1.54, 1.807) is 14.1 Å². The maximum Gasteiger partial charge on any atom is 0.243 e. The second-order valence-corrected chi connectivity index (χ2v) is 5.62. The number of piperazine rings is 1. The Labute approximate surface area is 150 Å². The molecule has 0 unspecified atom stereocenters. The van der Waals surface area contributed by atoms with Crippen LogP contribution in [0.25, 0.3) is 0 Å². The van der Waals surface area contributed by atoms with Crippen LogP contribution >= 0.6 is 24.0 Å². The summed E-state index contributed by atoms with van der Waals surface area (Å²) in [7, 11) is 3.41. The van der Waals surface area contributed by atoms with Crippen molar-refractivity contribution in [1.82, 2.24) is 20.0 Å². The molecule has 7 nitrogen and oxygen atoms in total. The first-order chi connectivity index (χ1) is 9.85. The fraction of sp³-hybridized carbons (Fsp3) is 0.786. The number of nitrogens with zero attached hydrogens (tertiary/aromatic N) is 4. The highest BCUT2D eigenvalue weighted by atomic mass is 127. The molecule has 0 aromatic heterocycles. The summed E-state index contributed by atoms with van der Waals surface area (Å²) >= 11 is 0. The molecule has 1 N–H and O–H groups in total. The van der Waals surface area contributed by atoms with Crippen LogP contribution in [0.5, 0.6) is 0 Å². The summed E-state index contributed by atoms with van der Waals surface area (Å²) in [5.41, 5.74) is 0. The largest absolute Gasteiger partial charge is 0.354 e. The number of hydrogen-bond acceptors (Lipinski definition) is 3. The lowest BCUT2D eigenvalue weighted by Gasteiger charge is -2.36. The van der Waals surface area contributed by atoms with Gasteiger partial charge in [0.2, 0.25) is 11.8 Å². The average Bonchev–Trinajstić information content (AvgIpc) is 2.42. The molecule has 1 rings (SSSR count). The van der Waals surface area contributed by atoms with Crippen LogP contribution < -0.4 is 5.32 Å². The summed E-state index contributed by atoms with van der Waals surface area (Å²) in [6, 6.07) is 0.192. The highest BCUT2D eigenvalue weighted by Gasteiger charge is 2.25. The molecule has 1 aliphatic heterocycles. The Kier molecular flexibility index (Phi) is 9.38. The van der Waals surface area contributed by atoms with E-state index in [1.807, 2.05) is 30.6 Å². The van der Waals surface area contributed by atoms with Crippen LogP contribution in [0.3, 0.4) is 0 Å². The molecule has 2 amide bonds. The first-order valence-corrected chi connectivity index (χ1v) is 7.39. The molecular formula is C14H28IN5O2. The standard InChI is InChI=1S/C14H27N5O2.HI/c1-6-18-7-8-19(10-13(18)21)14(16-11(2)3)15-9-12(20)17(4)5;/h11H,6-10H2,1-5H3,(H,15,16);1H. The highest BCUT2D eigenvalue weighted by Crippen LogP contribution is 2.04. The molecule has 1 saturated heterocycles. The Balaban J connectivity index is 0.00000441. The van der Waals surface area contributed by atoms with E-state index in [-0.39, 0.29) is 48.4 Å². The van der Waals surface area contributed by atoms with Crippen molar-refractivity contribution >= 4 is 41.8 Å². The van der Waals surface area contributed by atoms with E-state index < -0.39 is 0 Å². The van der Waals surface area contributed by atoms with Crippen LogP contribution in [0, 0.1) is 0 Å². The Morgan fingerprint density at radius 1 is 1.36 bits per heavy atom. The zero-order valence-electron chi connectivity index (χ0n) is 14.1. The van der Waals surface area contributed by atoms with Crippen LogP contribution in [-0.2, 0) is 9.59 Å². The number of hydrogen-bond donors (Lipinski definition) is 1. The number of likely N-dealkylation sites (N-methyl/N-ethyl adjacent to an activating group) is 2. The van der Waals surface area contributed by atoms with Gasteiger partial charge in [-0.2, -0.15) is 0 Å². The van der Waals surface area contributed by atoms with Crippen molar-refractivity contribution in [2.75, 3.05) is 46.8 Å². The summed E-state index contributed by atoms with van der Waals surface area (Å²) in [4.78, 5) is 33.3. The second kappa shape index (κ2) is 9.86. The number of nitrogens with one attached hydrogen (secondary N) is 1. The van der Waals surface area contributed by atoms with Crippen LogP contribution in [-0.4, -0.2) is 85.3 Å². The Hall–Kier alpha value is -1.06. The quantitative estimate of drug-likeness (QED) is 0.398. The zero-order valence-corrected chi connectivity index (χ0v) is 16.5. The highest BCUT2D eigenvalue weighted by molar-refractivity contribution is 14.0. The Morgan fingerprint density at radius 3 is 2.45 bits per heavy atom. The fourth-order valence-electron chi connectivity index (χ4n) is 2.00. The van der Waals surface area contributed by atoms with E-state index >= 15 is 0 Å². The third kappa shape index (κ3) is 6.37. The van der Waals surface area contributed by atoms with E-state index in [4.69, 9.17) is 0 Å². The molecule has 0 saturated carbocycles. The van der Waals surface area contributed by atoms with Gasteiger partial charge in [-0.3, -0.25) is 9.59 Å². The van der Waals surface area contributed by atoms with Gasteiger partial charge in [0.15, 0.2) is 5.96 Å². The molecule has 1 fully saturated rings. The number of rotatable bonds is 4. The summed E-state index contributed by atoms with van der Waals surface area (Å²) in [6.07, 6.45) is 0. The van der Waals surface area contributed by atoms with E-state index in [1.165, 1.54) is 4.90 Å². The van der Waals surface area contributed by atoms with Gasteiger partial charge in [0.25, 0.3) is 0 Å². The van der Waals surface area contributed by atoms with Gasteiger partial charge in [-0.15, -0.1) is 24.0 Å². The monoisotopic (exact) mass is 425 g/mol. The first kappa shape index (κ1) is 20.9. The lowest BCUT2D eigenvalue weighted by atomic mass is 10.3. The average molecular weight is 425 g/mol. The molecule has 1 aliphatic rings. The van der Waals surface area contributed by atoms with Crippen LogP contribution in [0.1, 0.15) is 20.8 Å². The number of amides is 2. The molecular weight excluding hydrogens is 397 g/mol. The molecule has 128 valence electrons. The van der Waals surface area contributed by atoms with Gasteiger partial charge in [0.1, 0.15) is 6.54 Å². The maximum atomic E-state index is 12.0. The fourth-order valence-corrected chi connectivity index (χ4v) is 2.00. The number of aliphatic imine (C=N–C) groups is 1. The normalized spacial score (nSPS) is 15.7. The van der Waals surface area contributed by atoms with E-state index in [0.29, 0.717) is 19.0 Å². The first-order valence-electron chi connectivity index (χ1n) is 7.39. The van der Waals surface area contributed by atoms with Crippen molar-refractivity contribution in [1.29, 1.82) is 0 Å². The van der Waals surface area contributed by atoms with Crippen molar-refractivity contribution in [3.05, 3.63) is 0 Å². The van der Waals surface area contributed by atoms with Crippen LogP contribution in [0.2, 0.25) is 0 Å². The molecule has 8 heteroatoms. The van der Waals surface area contributed by atoms with Crippen LogP contribution in [0.4, 0.5) is 0 Å². The summed E-state index contributed by atoms with van der Waals surface area (Å²) in [5, 5.41) is 3.23. The zero-order chi connectivity index (χ0) is 16.0. The van der Waals surface area contributed by atoms with Crippen LogP contribution in [0.15, 0.2) is 4.99 Å². The number of halogens is 1. The maximum absolute atomic E-state index is 12.0. The van der Waals surface area contributed by atoms with Gasteiger partial charge in [0, 0.05) is 39.8 Å². The predicted octanol–water partition coefficient (Wildman–Crippen LogP) is 0.211. The Morgan fingerprint density at radius 2 is 2.00 bits per heavy atom. The molecule has 0 atom stereocenters. The molecule has 0 aromatic rings. The second-order valence-electron chi connectivity index (χ2n) is 5.62. The topological polar surface area (TPSA) is 68.2 Å². The van der Waals surface area contributed by atoms with Crippen molar-refractivity contribution in [3.63, 3.8) is 0 Å². The molecule has 0 bridgehead atoms. The number of carbonyl (C=O) groups excluding carboxylic acids is 2. The summed E-state index contributed by atoms with van der Waals surface area (Å²) < 4.78 is 0. The van der Waals surface area contributed by atoms with Gasteiger partial charge < -0.3 is 20.0 Å². The molecule has 0 radical (unpaired) electrons. The molecule has 1 heterocycles. The van der Waals surface area contributed by atoms with Gasteiger partial charge in [-0.1, -0.05) is 0 Å². The summed E-state index contributed by atoms with van der Waals surface area (Å²) in [5.74, 6) is 0.668. The van der Waals surface area contributed by atoms with Gasteiger partial charge in [-0.05, 0) is 20.8 Å². The predicted molar refractivity (Wildman–Crippen MR) is 98.5 cm³/mol. The van der Waals surface area contributed by atoms with Gasteiger partial charge in [-0.25, -0.2) is 4.99 Å². The molecule has 0 aromatic carbocycles. The lowest BCUT2D eigenvalue weighted by molar-refractivity contribution is -0.134. The minimum Gasteiger partial charge on any atom is -0.354 e. The third-order valence-corrected chi connectivity index (χ3v) is 3.28. The molecule has 0 spiro atoms. The molecule has 0 aliphatic carbocycles. The van der Waals surface area contributed by atoms with Crippen molar-refractivity contribution in [2.45, 2.75) is 26.8 Å². The Bertz CT molecular complexity index is 412.